The maximum atomic E-state index is 11.7. The first-order valence-electron chi connectivity index (χ1n) is 5.69. The number of anilines is 2. The van der Waals surface area contributed by atoms with Crippen molar-refractivity contribution >= 4 is 46.2 Å². The first-order chi connectivity index (χ1) is 10.3. The van der Waals surface area contributed by atoms with Crippen LogP contribution in [0.25, 0.3) is 0 Å². The minimum atomic E-state index is -2.54. The summed E-state index contributed by atoms with van der Waals surface area (Å²) in [5.74, 6) is 0.00491. The molecule has 0 atom stereocenters. The van der Waals surface area contributed by atoms with E-state index in [0.29, 0.717) is 21.7 Å². The molecule has 4 N–H and O–H groups in total. The van der Waals surface area contributed by atoms with Crippen LogP contribution in [0.4, 0.5) is 20.2 Å². The summed E-state index contributed by atoms with van der Waals surface area (Å²) in [6.07, 6.45) is -2.54. The highest BCUT2D eigenvalue weighted by molar-refractivity contribution is 6.32. The number of aromatic nitrogens is 2. The number of alkyl halides is 2. The monoisotopic (exact) mass is 370 g/mol. The molecule has 0 aromatic carbocycles. The summed E-state index contributed by atoms with van der Waals surface area (Å²) in [5.41, 5.74) is 11.6. The van der Waals surface area contributed by atoms with Gasteiger partial charge in [-0.1, -0.05) is 34.8 Å². The molecule has 0 saturated heterocycles. The number of ether oxygens (including phenoxy) is 1. The molecule has 22 heavy (non-hydrogen) atoms. The Hall–Kier alpha value is -1.57. The highest BCUT2D eigenvalue weighted by atomic mass is 35.5. The van der Waals surface area contributed by atoms with Crippen LogP contribution < -0.4 is 16.2 Å². The molecule has 120 valence electrons. The number of rotatable bonds is 3. The van der Waals surface area contributed by atoms with E-state index < -0.39 is 13.0 Å². The Labute approximate surface area is 140 Å². The van der Waals surface area contributed by atoms with Gasteiger partial charge in [0.15, 0.2) is 6.61 Å². The maximum absolute atomic E-state index is 11.7. The van der Waals surface area contributed by atoms with E-state index in [1.165, 1.54) is 24.3 Å². The quantitative estimate of drug-likeness (QED) is 0.798. The Kier molecular flexibility index (Phi) is 7.37. The normalized spacial score (nSPS) is 10.1. The van der Waals surface area contributed by atoms with Gasteiger partial charge in [-0.05, 0) is 18.2 Å². The van der Waals surface area contributed by atoms with Gasteiger partial charge in [0, 0.05) is 17.4 Å². The fourth-order valence-corrected chi connectivity index (χ4v) is 1.88. The van der Waals surface area contributed by atoms with E-state index in [0.717, 1.165) is 0 Å². The van der Waals surface area contributed by atoms with Gasteiger partial charge < -0.3 is 16.2 Å². The standard InChI is InChI=1S/C7H7ClF2N2O.C5H4Cl2N2/c8-5-1-4(11)2-7(12-5)13-3-6(9)10;6-4-1-3(8)2-5(7)9-4/h1-2,6H,3H2,(H2,11,12);1-2H,(H2,8,9). The predicted octanol–water partition coefficient (Wildman–Crippen LogP) is 3.93. The van der Waals surface area contributed by atoms with Crippen molar-refractivity contribution in [2.24, 2.45) is 0 Å². The molecule has 2 heterocycles. The van der Waals surface area contributed by atoms with Crippen molar-refractivity contribution in [2.45, 2.75) is 6.43 Å². The van der Waals surface area contributed by atoms with Crippen LogP contribution in [0.2, 0.25) is 15.5 Å². The van der Waals surface area contributed by atoms with Crippen LogP contribution >= 0.6 is 34.8 Å². The molecule has 5 nitrogen and oxygen atoms in total. The molecule has 10 heteroatoms. The molecule has 2 aromatic heterocycles. The van der Waals surface area contributed by atoms with Gasteiger partial charge in [-0.25, -0.2) is 18.7 Å². The first-order valence-corrected chi connectivity index (χ1v) is 6.82. The van der Waals surface area contributed by atoms with Crippen molar-refractivity contribution in [1.82, 2.24) is 9.97 Å². The van der Waals surface area contributed by atoms with Gasteiger partial charge in [-0.2, -0.15) is 0 Å². The van der Waals surface area contributed by atoms with E-state index in [1.54, 1.807) is 0 Å². The van der Waals surface area contributed by atoms with Crippen LogP contribution in [-0.2, 0) is 0 Å². The lowest BCUT2D eigenvalue weighted by Gasteiger charge is -2.04. The number of halogens is 5. The van der Waals surface area contributed by atoms with Crippen molar-refractivity contribution in [3.8, 4) is 5.88 Å². The molecule has 0 amide bonds. The van der Waals surface area contributed by atoms with Crippen molar-refractivity contribution < 1.29 is 13.5 Å². The van der Waals surface area contributed by atoms with Crippen molar-refractivity contribution in [2.75, 3.05) is 18.1 Å². The smallest absolute Gasteiger partial charge is 0.272 e. The van der Waals surface area contributed by atoms with Gasteiger partial charge >= 0.3 is 0 Å². The molecule has 0 radical (unpaired) electrons. The fraction of sp³-hybridized carbons (Fsp3) is 0.167. The number of pyridine rings is 2. The summed E-state index contributed by atoms with van der Waals surface area (Å²) in [5, 5.41) is 0.754. The summed E-state index contributed by atoms with van der Waals surface area (Å²) in [6.45, 7) is -0.715. The van der Waals surface area contributed by atoms with Crippen molar-refractivity contribution in [3.05, 3.63) is 39.7 Å². The third-order valence-corrected chi connectivity index (χ3v) is 2.52. The van der Waals surface area contributed by atoms with Crippen LogP contribution in [0.15, 0.2) is 24.3 Å². The van der Waals surface area contributed by atoms with Crippen LogP contribution in [0.1, 0.15) is 0 Å². The minimum Gasteiger partial charge on any atom is -0.471 e. The zero-order valence-electron chi connectivity index (χ0n) is 10.9. The SMILES string of the molecule is Nc1cc(Cl)nc(Cl)c1.Nc1cc(Cl)nc(OCC(F)F)c1. The van der Waals surface area contributed by atoms with E-state index in [9.17, 15) is 8.78 Å². The number of nitrogen functional groups attached to an aromatic ring is 2. The fourth-order valence-electron chi connectivity index (χ4n) is 1.20. The molecule has 0 spiro atoms. The van der Waals surface area contributed by atoms with Gasteiger partial charge in [0.2, 0.25) is 5.88 Å². The van der Waals surface area contributed by atoms with E-state index in [-0.39, 0.29) is 11.0 Å². The topological polar surface area (TPSA) is 87.0 Å². The Bertz CT molecular complexity index is 561. The minimum absolute atomic E-state index is 0.00491. The van der Waals surface area contributed by atoms with Gasteiger partial charge in [-0.3, -0.25) is 0 Å². The van der Waals surface area contributed by atoms with Crippen LogP contribution in [0.3, 0.4) is 0 Å². The average molecular weight is 372 g/mol. The molecular weight excluding hydrogens is 361 g/mol. The zero-order valence-corrected chi connectivity index (χ0v) is 13.2. The second-order valence-corrected chi connectivity index (χ2v) is 4.97. The molecule has 0 aliphatic carbocycles. The van der Waals surface area contributed by atoms with Gasteiger partial charge in [0.1, 0.15) is 15.5 Å². The van der Waals surface area contributed by atoms with Crippen LogP contribution in [0, 0.1) is 0 Å². The second-order valence-electron chi connectivity index (χ2n) is 3.81. The Morgan fingerprint density at radius 3 is 1.77 bits per heavy atom. The van der Waals surface area contributed by atoms with Gasteiger partial charge in [0.05, 0.1) is 0 Å². The number of hydrogen-bond acceptors (Lipinski definition) is 5. The third-order valence-electron chi connectivity index (χ3n) is 1.94. The molecule has 2 rings (SSSR count). The molecule has 0 aliphatic rings. The van der Waals surface area contributed by atoms with E-state index >= 15 is 0 Å². The molecule has 0 aliphatic heterocycles. The summed E-state index contributed by atoms with van der Waals surface area (Å²) >= 11 is 16.5. The number of hydrogen-bond donors (Lipinski definition) is 2. The summed E-state index contributed by atoms with van der Waals surface area (Å²) in [7, 11) is 0. The molecular formula is C12H11Cl3F2N4O. The lowest BCUT2D eigenvalue weighted by molar-refractivity contribution is 0.0796. The Balaban J connectivity index is 0.000000235. The summed E-state index contributed by atoms with van der Waals surface area (Å²) in [6, 6.07) is 5.80. The van der Waals surface area contributed by atoms with Crippen molar-refractivity contribution in [3.63, 3.8) is 0 Å². The molecule has 0 fully saturated rings. The maximum Gasteiger partial charge on any atom is 0.272 e. The zero-order chi connectivity index (χ0) is 16.7. The average Bonchev–Trinajstić information content (AvgIpc) is 2.34. The number of nitrogens with two attached hydrogens (primary N) is 2. The highest BCUT2D eigenvalue weighted by Crippen LogP contribution is 2.18. The lowest BCUT2D eigenvalue weighted by atomic mass is 10.4. The highest BCUT2D eigenvalue weighted by Gasteiger charge is 2.05. The Morgan fingerprint density at radius 2 is 1.36 bits per heavy atom. The molecule has 0 unspecified atom stereocenters. The van der Waals surface area contributed by atoms with Gasteiger partial charge in [0.25, 0.3) is 6.43 Å². The Morgan fingerprint density at radius 1 is 0.909 bits per heavy atom. The van der Waals surface area contributed by atoms with E-state index in [1.807, 2.05) is 0 Å². The van der Waals surface area contributed by atoms with Crippen LogP contribution in [0.5, 0.6) is 5.88 Å². The third kappa shape index (κ3) is 7.44. The summed E-state index contributed by atoms with van der Waals surface area (Å²) in [4.78, 5) is 7.32. The van der Waals surface area contributed by atoms with Gasteiger partial charge in [-0.15, -0.1) is 0 Å². The molecule has 0 bridgehead atoms. The van der Waals surface area contributed by atoms with E-state index in [2.05, 4.69) is 14.7 Å². The molecule has 0 saturated carbocycles. The largest absolute Gasteiger partial charge is 0.471 e. The van der Waals surface area contributed by atoms with Crippen LogP contribution in [-0.4, -0.2) is 23.0 Å². The van der Waals surface area contributed by atoms with Crippen molar-refractivity contribution in [1.29, 1.82) is 0 Å². The first kappa shape index (κ1) is 18.5. The molecule has 2 aromatic rings. The van der Waals surface area contributed by atoms with E-state index in [4.69, 9.17) is 46.3 Å². The lowest BCUT2D eigenvalue weighted by Crippen LogP contribution is -2.08. The predicted molar refractivity (Wildman–Crippen MR) is 83.8 cm³/mol. The number of nitrogens with zero attached hydrogens (tertiary/aromatic N) is 2. The summed E-state index contributed by atoms with van der Waals surface area (Å²) < 4.78 is 28.0. The second kappa shape index (κ2) is 8.77.